The van der Waals surface area contributed by atoms with E-state index in [0.29, 0.717) is 13.0 Å². The molecule has 1 atom stereocenters. The molecule has 6 nitrogen and oxygen atoms in total. The van der Waals surface area contributed by atoms with Crippen LogP contribution in [0.5, 0.6) is 0 Å². The Morgan fingerprint density at radius 1 is 1.31 bits per heavy atom. The van der Waals surface area contributed by atoms with E-state index in [0.717, 1.165) is 37.4 Å². The summed E-state index contributed by atoms with van der Waals surface area (Å²) in [6.07, 6.45) is 5.57. The molecule has 140 valence electrons. The molecule has 1 aliphatic heterocycles. The van der Waals surface area contributed by atoms with Crippen LogP contribution in [-0.2, 0) is 11.3 Å². The van der Waals surface area contributed by atoms with Crippen molar-refractivity contribution >= 4 is 11.6 Å². The SMILES string of the molecule is C[C@@H](NC(=O)CCn1ccnc1)c1cc(F)ccc1N1CCN(C)CC1. The minimum atomic E-state index is -0.280. The Balaban J connectivity index is 1.66. The van der Waals surface area contributed by atoms with E-state index >= 15 is 0 Å². The van der Waals surface area contributed by atoms with Crippen molar-refractivity contribution in [2.45, 2.75) is 25.9 Å². The molecule has 0 radical (unpaired) electrons. The first-order valence-corrected chi connectivity index (χ1v) is 9.01. The van der Waals surface area contributed by atoms with Crippen LogP contribution in [-0.4, -0.2) is 53.6 Å². The molecule has 1 saturated heterocycles. The number of imidazole rings is 1. The molecule has 1 fully saturated rings. The van der Waals surface area contributed by atoms with Gasteiger partial charge in [-0.05, 0) is 32.2 Å². The number of carbonyl (C=O) groups excluding carboxylic acids is 1. The van der Waals surface area contributed by atoms with E-state index in [1.165, 1.54) is 12.1 Å². The maximum absolute atomic E-state index is 13.9. The summed E-state index contributed by atoms with van der Waals surface area (Å²) < 4.78 is 15.7. The summed E-state index contributed by atoms with van der Waals surface area (Å²) in [5.74, 6) is -0.336. The van der Waals surface area contributed by atoms with Crippen molar-refractivity contribution in [3.63, 3.8) is 0 Å². The maximum Gasteiger partial charge on any atom is 0.222 e. The highest BCUT2D eigenvalue weighted by molar-refractivity contribution is 5.76. The summed E-state index contributed by atoms with van der Waals surface area (Å²) in [7, 11) is 2.10. The molecule has 1 aromatic heterocycles. The van der Waals surface area contributed by atoms with Crippen molar-refractivity contribution in [2.75, 3.05) is 38.1 Å². The van der Waals surface area contributed by atoms with Gasteiger partial charge in [0, 0.05) is 62.8 Å². The molecule has 1 N–H and O–H groups in total. The molecule has 2 heterocycles. The largest absolute Gasteiger partial charge is 0.369 e. The fourth-order valence-electron chi connectivity index (χ4n) is 3.25. The summed E-state index contributed by atoms with van der Waals surface area (Å²) in [4.78, 5) is 20.8. The third kappa shape index (κ3) is 4.60. The lowest BCUT2D eigenvalue weighted by atomic mass is 10.0. The van der Waals surface area contributed by atoms with Crippen molar-refractivity contribution in [2.24, 2.45) is 0 Å². The average Bonchev–Trinajstić information content (AvgIpc) is 3.14. The van der Waals surface area contributed by atoms with Gasteiger partial charge in [-0.3, -0.25) is 4.79 Å². The average molecular weight is 359 g/mol. The Morgan fingerprint density at radius 2 is 2.08 bits per heavy atom. The van der Waals surface area contributed by atoms with E-state index in [1.807, 2.05) is 23.8 Å². The minimum Gasteiger partial charge on any atom is -0.369 e. The quantitative estimate of drug-likeness (QED) is 0.858. The second-order valence-electron chi connectivity index (χ2n) is 6.83. The van der Waals surface area contributed by atoms with Crippen molar-refractivity contribution in [3.8, 4) is 0 Å². The van der Waals surface area contributed by atoms with Gasteiger partial charge in [0.1, 0.15) is 5.82 Å². The van der Waals surface area contributed by atoms with Gasteiger partial charge in [0.05, 0.1) is 12.4 Å². The van der Waals surface area contributed by atoms with Gasteiger partial charge in [0.15, 0.2) is 0 Å². The number of rotatable bonds is 6. The van der Waals surface area contributed by atoms with Crippen molar-refractivity contribution in [1.82, 2.24) is 19.8 Å². The van der Waals surface area contributed by atoms with E-state index < -0.39 is 0 Å². The number of anilines is 1. The Morgan fingerprint density at radius 3 is 2.77 bits per heavy atom. The number of likely N-dealkylation sites (N-methyl/N-ethyl adjacent to an activating group) is 1. The third-order valence-corrected chi connectivity index (χ3v) is 4.83. The zero-order valence-electron chi connectivity index (χ0n) is 15.4. The fraction of sp³-hybridized carbons (Fsp3) is 0.474. The van der Waals surface area contributed by atoms with E-state index in [2.05, 4.69) is 27.1 Å². The number of nitrogens with zero attached hydrogens (tertiary/aromatic N) is 4. The lowest BCUT2D eigenvalue weighted by Crippen LogP contribution is -2.45. The maximum atomic E-state index is 13.9. The Hall–Kier alpha value is -2.41. The van der Waals surface area contributed by atoms with Crippen molar-refractivity contribution < 1.29 is 9.18 Å². The molecule has 1 aromatic carbocycles. The van der Waals surface area contributed by atoms with Crippen LogP contribution in [0.2, 0.25) is 0 Å². The highest BCUT2D eigenvalue weighted by atomic mass is 19.1. The van der Waals surface area contributed by atoms with Gasteiger partial charge in [-0.1, -0.05) is 0 Å². The van der Waals surface area contributed by atoms with E-state index in [1.54, 1.807) is 12.5 Å². The number of aryl methyl sites for hydroxylation is 1. The Kier molecular flexibility index (Phi) is 5.88. The zero-order chi connectivity index (χ0) is 18.5. The van der Waals surface area contributed by atoms with Gasteiger partial charge in [0.2, 0.25) is 5.91 Å². The van der Waals surface area contributed by atoms with Crippen molar-refractivity contribution in [3.05, 3.63) is 48.3 Å². The topological polar surface area (TPSA) is 53.4 Å². The number of carbonyl (C=O) groups is 1. The van der Waals surface area contributed by atoms with Gasteiger partial charge in [-0.15, -0.1) is 0 Å². The van der Waals surface area contributed by atoms with Crippen LogP contribution < -0.4 is 10.2 Å². The molecule has 26 heavy (non-hydrogen) atoms. The standard InChI is InChI=1S/C19H26FN5O/c1-15(22-19(26)5-7-24-8-6-21-14-24)17-13-16(20)3-4-18(17)25-11-9-23(2)10-12-25/h3-4,6,8,13-15H,5,7,9-12H2,1-2H3,(H,22,26)/t15-/m1/s1. The van der Waals surface area contributed by atoms with Crippen LogP contribution in [0, 0.1) is 5.82 Å². The number of amides is 1. The molecule has 0 spiro atoms. The van der Waals surface area contributed by atoms with E-state index in [9.17, 15) is 9.18 Å². The van der Waals surface area contributed by atoms with Crippen molar-refractivity contribution in [1.29, 1.82) is 0 Å². The van der Waals surface area contributed by atoms with Crippen LogP contribution in [0.3, 0.4) is 0 Å². The number of aromatic nitrogens is 2. The second kappa shape index (κ2) is 8.31. The number of piperazine rings is 1. The van der Waals surface area contributed by atoms with Gasteiger partial charge in [0.25, 0.3) is 0 Å². The molecular formula is C19H26FN5O. The first-order valence-electron chi connectivity index (χ1n) is 9.01. The molecule has 0 saturated carbocycles. The van der Waals surface area contributed by atoms with Gasteiger partial charge in [-0.2, -0.15) is 0 Å². The first-order chi connectivity index (χ1) is 12.5. The summed E-state index contributed by atoms with van der Waals surface area (Å²) in [6.45, 7) is 6.23. The van der Waals surface area contributed by atoms with Gasteiger partial charge < -0.3 is 19.7 Å². The van der Waals surface area contributed by atoms with Crippen LogP contribution >= 0.6 is 0 Å². The lowest BCUT2D eigenvalue weighted by molar-refractivity contribution is -0.121. The van der Waals surface area contributed by atoms with Crippen LogP contribution in [0.4, 0.5) is 10.1 Å². The number of benzene rings is 1. The molecular weight excluding hydrogens is 333 g/mol. The molecule has 0 unspecified atom stereocenters. The molecule has 2 aromatic rings. The monoisotopic (exact) mass is 359 g/mol. The number of halogens is 1. The molecule has 1 amide bonds. The summed E-state index contributed by atoms with van der Waals surface area (Å²) in [6, 6.07) is 4.60. The molecule has 0 bridgehead atoms. The summed E-state index contributed by atoms with van der Waals surface area (Å²) in [5, 5.41) is 3.00. The lowest BCUT2D eigenvalue weighted by Gasteiger charge is -2.36. The first kappa shape index (κ1) is 18.4. The number of hydrogen-bond donors (Lipinski definition) is 1. The Labute approximate surface area is 153 Å². The summed E-state index contributed by atoms with van der Waals surface area (Å²) in [5.41, 5.74) is 1.83. The van der Waals surface area contributed by atoms with Gasteiger partial charge >= 0.3 is 0 Å². The molecule has 3 rings (SSSR count). The normalized spacial score (nSPS) is 16.5. The highest BCUT2D eigenvalue weighted by Crippen LogP contribution is 2.28. The third-order valence-electron chi connectivity index (χ3n) is 4.83. The van der Waals surface area contributed by atoms with Crippen LogP contribution in [0.1, 0.15) is 24.9 Å². The number of hydrogen-bond acceptors (Lipinski definition) is 4. The fourth-order valence-corrected chi connectivity index (χ4v) is 3.25. The minimum absolute atomic E-state index is 0.0558. The Bertz CT molecular complexity index is 726. The zero-order valence-corrected chi connectivity index (χ0v) is 15.4. The van der Waals surface area contributed by atoms with Gasteiger partial charge in [-0.25, -0.2) is 9.37 Å². The molecule has 0 aliphatic carbocycles. The van der Waals surface area contributed by atoms with E-state index in [4.69, 9.17) is 0 Å². The smallest absolute Gasteiger partial charge is 0.222 e. The molecule has 7 heteroatoms. The summed E-state index contributed by atoms with van der Waals surface area (Å²) >= 11 is 0. The van der Waals surface area contributed by atoms with Crippen LogP contribution in [0.25, 0.3) is 0 Å². The molecule has 1 aliphatic rings. The predicted molar refractivity (Wildman–Crippen MR) is 99.5 cm³/mol. The number of nitrogens with one attached hydrogen (secondary N) is 1. The van der Waals surface area contributed by atoms with Crippen LogP contribution in [0.15, 0.2) is 36.9 Å². The van der Waals surface area contributed by atoms with E-state index in [-0.39, 0.29) is 17.8 Å². The second-order valence-corrected chi connectivity index (χ2v) is 6.83. The predicted octanol–water partition coefficient (Wildman–Crippen LogP) is 2.04. The highest BCUT2D eigenvalue weighted by Gasteiger charge is 2.21.